The number of hydrogen-bond donors (Lipinski definition) is 1. The molecule has 2 heterocycles. The second kappa shape index (κ2) is 5.75. The zero-order valence-electron chi connectivity index (χ0n) is 11.8. The largest absolute Gasteiger partial charge is 0.478 e. The van der Waals surface area contributed by atoms with E-state index in [9.17, 15) is 4.79 Å². The predicted molar refractivity (Wildman–Crippen MR) is 72.4 cm³/mol. The Bertz CT molecular complexity index is 454. The summed E-state index contributed by atoms with van der Waals surface area (Å²) in [7, 11) is 4.16. The van der Waals surface area contributed by atoms with E-state index >= 15 is 0 Å². The third-order valence-corrected chi connectivity index (χ3v) is 3.63. The van der Waals surface area contributed by atoms with Gasteiger partial charge in [0.25, 0.3) is 0 Å². The van der Waals surface area contributed by atoms with Crippen molar-refractivity contribution in [3.63, 3.8) is 0 Å². The molecule has 0 aliphatic carbocycles. The van der Waals surface area contributed by atoms with Gasteiger partial charge >= 0.3 is 5.97 Å². The Morgan fingerprint density at radius 3 is 2.89 bits per heavy atom. The summed E-state index contributed by atoms with van der Waals surface area (Å²) < 4.78 is 5.56. The van der Waals surface area contributed by atoms with E-state index in [2.05, 4.69) is 23.9 Å². The highest BCUT2D eigenvalue weighted by atomic mass is 16.4. The lowest BCUT2D eigenvalue weighted by Crippen LogP contribution is -2.36. The van der Waals surface area contributed by atoms with Crippen LogP contribution in [-0.2, 0) is 6.54 Å². The maximum atomic E-state index is 11.0. The summed E-state index contributed by atoms with van der Waals surface area (Å²) in [6, 6.07) is 2.19. The number of hydrogen-bond acceptors (Lipinski definition) is 4. The standard InChI is InChI=1S/C14H22N2O3/c1-10-13(14(17)18)7-12(19-10)9-16-6-4-5-11(16)8-15(2)3/h7,11H,4-6,8-9H2,1-3H3,(H,17,18). The van der Waals surface area contributed by atoms with Crippen LogP contribution >= 0.6 is 0 Å². The van der Waals surface area contributed by atoms with Crippen LogP contribution in [0.2, 0.25) is 0 Å². The monoisotopic (exact) mass is 266 g/mol. The molecule has 1 unspecified atom stereocenters. The van der Waals surface area contributed by atoms with E-state index in [1.165, 1.54) is 12.8 Å². The predicted octanol–water partition coefficient (Wildman–Crippen LogP) is 1.81. The first-order valence-corrected chi connectivity index (χ1v) is 6.68. The van der Waals surface area contributed by atoms with Crippen LogP contribution in [0.5, 0.6) is 0 Å². The van der Waals surface area contributed by atoms with Gasteiger partial charge in [0.2, 0.25) is 0 Å². The van der Waals surface area contributed by atoms with Crippen molar-refractivity contribution in [3.05, 3.63) is 23.2 Å². The molecule has 19 heavy (non-hydrogen) atoms. The summed E-state index contributed by atoms with van der Waals surface area (Å²) in [5.74, 6) is 0.324. The summed E-state index contributed by atoms with van der Waals surface area (Å²) in [4.78, 5) is 15.6. The normalized spacial score (nSPS) is 20.3. The highest BCUT2D eigenvalue weighted by molar-refractivity contribution is 5.88. The summed E-state index contributed by atoms with van der Waals surface area (Å²) in [5.41, 5.74) is 0.276. The molecule has 5 nitrogen and oxygen atoms in total. The van der Waals surface area contributed by atoms with Gasteiger partial charge in [-0.1, -0.05) is 0 Å². The molecule has 1 fully saturated rings. The van der Waals surface area contributed by atoms with Crippen LogP contribution in [0.4, 0.5) is 0 Å². The molecule has 0 spiro atoms. The maximum Gasteiger partial charge on any atom is 0.339 e. The number of carbonyl (C=O) groups is 1. The number of furan rings is 1. The first kappa shape index (κ1) is 14.1. The molecule has 0 bridgehead atoms. The highest BCUT2D eigenvalue weighted by Gasteiger charge is 2.26. The summed E-state index contributed by atoms with van der Waals surface area (Å²) in [6.07, 6.45) is 2.40. The second-order valence-corrected chi connectivity index (χ2v) is 5.52. The van der Waals surface area contributed by atoms with Crippen LogP contribution in [0.1, 0.15) is 34.7 Å². The van der Waals surface area contributed by atoms with Crippen molar-refractivity contribution in [3.8, 4) is 0 Å². The Kier molecular flexibility index (Phi) is 4.27. The molecule has 0 radical (unpaired) electrons. The van der Waals surface area contributed by atoms with Crippen molar-refractivity contribution in [2.45, 2.75) is 32.4 Å². The van der Waals surface area contributed by atoms with E-state index in [1.54, 1.807) is 13.0 Å². The van der Waals surface area contributed by atoms with Crippen molar-refractivity contribution < 1.29 is 14.3 Å². The second-order valence-electron chi connectivity index (χ2n) is 5.52. The van der Waals surface area contributed by atoms with Gasteiger partial charge in [-0.3, -0.25) is 4.90 Å². The number of aryl methyl sites for hydroxylation is 1. The zero-order chi connectivity index (χ0) is 14.0. The fourth-order valence-electron chi connectivity index (χ4n) is 2.77. The topological polar surface area (TPSA) is 56.9 Å². The average molecular weight is 266 g/mol. The molecule has 0 aromatic carbocycles. The van der Waals surface area contributed by atoms with Gasteiger partial charge in [-0.15, -0.1) is 0 Å². The van der Waals surface area contributed by atoms with Gasteiger partial charge in [0, 0.05) is 12.6 Å². The molecule has 1 aliphatic heterocycles. The molecule has 1 saturated heterocycles. The maximum absolute atomic E-state index is 11.0. The first-order valence-electron chi connectivity index (χ1n) is 6.68. The lowest BCUT2D eigenvalue weighted by Gasteiger charge is -2.26. The van der Waals surface area contributed by atoms with Crippen LogP contribution in [0.25, 0.3) is 0 Å². The third-order valence-electron chi connectivity index (χ3n) is 3.63. The number of likely N-dealkylation sites (tertiary alicyclic amines) is 1. The van der Waals surface area contributed by atoms with Gasteiger partial charge in [-0.2, -0.15) is 0 Å². The fourth-order valence-corrected chi connectivity index (χ4v) is 2.77. The molecular formula is C14H22N2O3. The van der Waals surface area contributed by atoms with E-state index in [4.69, 9.17) is 9.52 Å². The number of aromatic carboxylic acids is 1. The van der Waals surface area contributed by atoms with Crippen molar-refractivity contribution in [2.75, 3.05) is 27.2 Å². The SMILES string of the molecule is Cc1oc(CN2CCCC2CN(C)C)cc1C(=O)O. The molecule has 0 saturated carbocycles. The summed E-state index contributed by atoms with van der Waals surface area (Å²) >= 11 is 0. The Morgan fingerprint density at radius 2 is 2.32 bits per heavy atom. The number of nitrogens with zero attached hydrogens (tertiary/aromatic N) is 2. The van der Waals surface area contributed by atoms with Crippen LogP contribution < -0.4 is 0 Å². The Hall–Kier alpha value is -1.33. The van der Waals surface area contributed by atoms with E-state index in [-0.39, 0.29) is 5.56 Å². The van der Waals surface area contributed by atoms with Gasteiger partial charge in [0.1, 0.15) is 17.1 Å². The minimum absolute atomic E-state index is 0.276. The van der Waals surface area contributed by atoms with Crippen LogP contribution in [-0.4, -0.2) is 54.1 Å². The summed E-state index contributed by atoms with van der Waals surface area (Å²) in [6.45, 7) is 4.49. The van der Waals surface area contributed by atoms with Crippen LogP contribution in [0, 0.1) is 6.92 Å². The molecule has 1 N–H and O–H groups in total. The first-order chi connectivity index (χ1) is 8.97. The number of carboxylic acids is 1. The molecular weight excluding hydrogens is 244 g/mol. The average Bonchev–Trinajstić information content (AvgIpc) is 2.86. The van der Waals surface area contributed by atoms with Gasteiger partial charge in [-0.25, -0.2) is 4.79 Å². The summed E-state index contributed by atoms with van der Waals surface area (Å²) in [5, 5.41) is 9.03. The molecule has 1 aromatic heterocycles. The van der Waals surface area contributed by atoms with E-state index in [1.807, 2.05) is 0 Å². The lowest BCUT2D eigenvalue weighted by atomic mass is 10.2. The lowest BCUT2D eigenvalue weighted by molar-refractivity contribution is 0.0695. The van der Waals surface area contributed by atoms with E-state index in [0.29, 0.717) is 18.3 Å². The Balaban J connectivity index is 2.04. The van der Waals surface area contributed by atoms with Crippen molar-refractivity contribution in [1.82, 2.24) is 9.80 Å². The van der Waals surface area contributed by atoms with E-state index < -0.39 is 5.97 Å². The van der Waals surface area contributed by atoms with Crippen LogP contribution in [0.3, 0.4) is 0 Å². The molecule has 5 heteroatoms. The van der Waals surface area contributed by atoms with Gasteiger partial charge in [-0.05, 0) is 46.5 Å². The number of likely N-dealkylation sites (N-methyl/N-ethyl adjacent to an activating group) is 1. The highest BCUT2D eigenvalue weighted by Crippen LogP contribution is 2.23. The molecule has 1 atom stereocenters. The molecule has 0 amide bonds. The quantitative estimate of drug-likeness (QED) is 0.881. The molecule has 2 rings (SSSR count). The third kappa shape index (κ3) is 3.36. The smallest absolute Gasteiger partial charge is 0.339 e. The van der Waals surface area contributed by atoms with E-state index in [0.717, 1.165) is 18.8 Å². The molecule has 1 aliphatic rings. The van der Waals surface area contributed by atoms with Crippen molar-refractivity contribution >= 4 is 5.97 Å². The Morgan fingerprint density at radius 1 is 1.58 bits per heavy atom. The van der Waals surface area contributed by atoms with Gasteiger partial charge in [0.05, 0.1) is 6.54 Å². The molecule has 1 aromatic rings. The molecule has 106 valence electrons. The van der Waals surface area contributed by atoms with Crippen LogP contribution in [0.15, 0.2) is 10.5 Å². The van der Waals surface area contributed by atoms with Crippen molar-refractivity contribution in [1.29, 1.82) is 0 Å². The fraction of sp³-hybridized carbons (Fsp3) is 0.643. The van der Waals surface area contributed by atoms with Crippen molar-refractivity contribution in [2.24, 2.45) is 0 Å². The minimum atomic E-state index is -0.918. The minimum Gasteiger partial charge on any atom is -0.478 e. The van der Waals surface area contributed by atoms with Gasteiger partial charge < -0.3 is 14.4 Å². The Labute approximate surface area is 113 Å². The van der Waals surface area contributed by atoms with Gasteiger partial charge in [0.15, 0.2) is 0 Å². The number of rotatable bonds is 5. The number of carboxylic acid groups (broad SMARTS) is 1. The zero-order valence-corrected chi connectivity index (χ0v) is 11.8.